The molecule has 0 unspecified atom stereocenters. The second-order valence-electron chi connectivity index (χ2n) is 2.22. The van der Waals surface area contributed by atoms with E-state index in [-0.39, 0.29) is 5.78 Å². The summed E-state index contributed by atoms with van der Waals surface area (Å²) in [7, 11) is 0. The Bertz CT molecular complexity index is 240. The van der Waals surface area contributed by atoms with Gasteiger partial charge in [-0.2, -0.15) is 0 Å². The lowest BCUT2D eigenvalue weighted by atomic mass is 10.1. The summed E-state index contributed by atoms with van der Waals surface area (Å²) in [6.45, 7) is 0. The summed E-state index contributed by atoms with van der Waals surface area (Å²) in [5.74, 6) is 0.109. The minimum Gasteiger partial charge on any atom is -0.294 e. The summed E-state index contributed by atoms with van der Waals surface area (Å²) >= 11 is 5.32. The maximum absolute atomic E-state index is 10.8. The van der Waals surface area contributed by atoms with Gasteiger partial charge in [-0.25, -0.2) is 0 Å². The number of hydrogen-bond donors (Lipinski definition) is 0. The van der Waals surface area contributed by atoms with Gasteiger partial charge >= 0.3 is 0 Å². The van der Waals surface area contributed by atoms with Gasteiger partial charge in [0.05, 0.1) is 0 Å². The molecule has 1 aliphatic heterocycles. The second kappa shape index (κ2) is 4.09. The molecule has 2 nitrogen and oxygen atoms in total. The highest BCUT2D eigenvalue weighted by atomic mass is 35.5. The molecule has 0 radical (unpaired) electrons. The topological polar surface area (TPSA) is 29.4 Å². The monoisotopic (exact) mass is 169 g/mol. The third-order valence-corrected chi connectivity index (χ3v) is 1.52. The summed E-state index contributed by atoms with van der Waals surface area (Å²) in [6, 6.07) is 0. The summed E-state index contributed by atoms with van der Waals surface area (Å²) in [5.41, 5.74) is 2.31. The van der Waals surface area contributed by atoms with Gasteiger partial charge in [0.2, 0.25) is 0 Å². The third kappa shape index (κ3) is 2.68. The zero-order chi connectivity index (χ0) is 8.10. The van der Waals surface area contributed by atoms with Gasteiger partial charge in [0.1, 0.15) is 0 Å². The highest BCUT2D eigenvalue weighted by Crippen LogP contribution is 2.03. The van der Waals surface area contributed by atoms with Crippen molar-refractivity contribution in [3.63, 3.8) is 0 Å². The van der Waals surface area contributed by atoms with Gasteiger partial charge in [0.15, 0.2) is 5.78 Å². The highest BCUT2D eigenvalue weighted by Gasteiger charge is 2.05. The van der Waals surface area contributed by atoms with E-state index in [4.69, 9.17) is 11.6 Å². The molecule has 11 heavy (non-hydrogen) atoms. The minimum absolute atomic E-state index is 0.109. The molecule has 1 aliphatic rings. The lowest BCUT2D eigenvalue weighted by molar-refractivity contribution is -0.113. The average molecular weight is 170 g/mol. The first-order valence-electron chi connectivity index (χ1n) is 3.33. The van der Waals surface area contributed by atoms with Crippen molar-refractivity contribution in [3.05, 3.63) is 23.9 Å². The number of rotatable bonds is 2. The summed E-state index contributed by atoms with van der Waals surface area (Å²) in [4.78, 5) is 14.8. The summed E-state index contributed by atoms with van der Waals surface area (Å²) < 4.78 is 0. The van der Waals surface area contributed by atoms with Gasteiger partial charge in [-0.05, 0) is 6.08 Å². The number of halogens is 1. The maximum Gasteiger partial charge on any atom is 0.162 e. The number of hydrogen-bond acceptors (Lipinski definition) is 2. The van der Waals surface area contributed by atoms with E-state index in [0.717, 1.165) is 5.71 Å². The number of carbonyl (C=O) groups is 1. The van der Waals surface area contributed by atoms with Crippen LogP contribution in [-0.4, -0.2) is 11.5 Å². The number of nitrogens with zero attached hydrogens (tertiary/aromatic N) is 1. The van der Waals surface area contributed by atoms with Crippen molar-refractivity contribution in [2.75, 3.05) is 0 Å². The van der Waals surface area contributed by atoms with Crippen LogP contribution in [0.3, 0.4) is 0 Å². The van der Waals surface area contributed by atoms with Crippen molar-refractivity contribution in [1.29, 1.82) is 0 Å². The maximum atomic E-state index is 10.8. The van der Waals surface area contributed by atoms with Crippen LogP contribution < -0.4 is 0 Å². The molecule has 0 bridgehead atoms. The number of ketones is 1. The molecular formula is C8H8ClNO. The van der Waals surface area contributed by atoms with E-state index in [0.29, 0.717) is 12.8 Å². The van der Waals surface area contributed by atoms with Gasteiger partial charge in [-0.15, -0.1) is 0 Å². The van der Waals surface area contributed by atoms with Crippen LogP contribution in [0.25, 0.3) is 0 Å². The lowest BCUT2D eigenvalue weighted by Gasteiger charge is -2.02. The largest absolute Gasteiger partial charge is 0.294 e. The molecule has 0 aliphatic carbocycles. The van der Waals surface area contributed by atoms with Crippen LogP contribution in [0.15, 0.2) is 28.9 Å². The highest BCUT2D eigenvalue weighted by molar-refractivity contribution is 6.25. The Morgan fingerprint density at radius 1 is 1.73 bits per heavy atom. The van der Waals surface area contributed by atoms with Crippen LogP contribution in [0.1, 0.15) is 12.8 Å². The smallest absolute Gasteiger partial charge is 0.162 e. The Morgan fingerprint density at radius 3 is 3.18 bits per heavy atom. The number of carbonyl (C=O) groups excluding carboxylic acids is 1. The standard InChI is InChI=1S/C8H8ClNO/c9-4-1-2-7-6-8(11)3-5-10-7/h1,3-5H,2,6H2. The van der Waals surface area contributed by atoms with E-state index in [9.17, 15) is 4.79 Å². The zero-order valence-corrected chi connectivity index (χ0v) is 6.71. The van der Waals surface area contributed by atoms with Crippen LogP contribution in [-0.2, 0) is 4.79 Å². The molecule has 1 rings (SSSR count). The fourth-order valence-corrected chi connectivity index (χ4v) is 0.926. The molecule has 0 aromatic carbocycles. The number of allylic oxidation sites excluding steroid dienone is 2. The molecule has 0 spiro atoms. The van der Waals surface area contributed by atoms with E-state index in [1.165, 1.54) is 17.8 Å². The molecule has 58 valence electrons. The van der Waals surface area contributed by atoms with E-state index >= 15 is 0 Å². The van der Waals surface area contributed by atoms with Gasteiger partial charge in [-0.3, -0.25) is 9.79 Å². The lowest BCUT2D eigenvalue weighted by Crippen LogP contribution is -2.07. The average Bonchev–Trinajstić information content (AvgIpc) is 2.01. The molecule has 0 saturated carbocycles. The predicted octanol–water partition coefficient (Wildman–Crippen LogP) is 2.06. The Kier molecular flexibility index (Phi) is 3.05. The molecule has 0 saturated heterocycles. The van der Waals surface area contributed by atoms with Crippen LogP contribution >= 0.6 is 11.6 Å². The van der Waals surface area contributed by atoms with Crippen LogP contribution in [0.5, 0.6) is 0 Å². The van der Waals surface area contributed by atoms with E-state index < -0.39 is 0 Å². The van der Waals surface area contributed by atoms with E-state index in [1.807, 2.05) is 0 Å². The Balaban J connectivity index is 2.52. The van der Waals surface area contributed by atoms with Gasteiger partial charge in [0.25, 0.3) is 0 Å². The van der Waals surface area contributed by atoms with Gasteiger partial charge in [0, 0.05) is 30.3 Å². The Morgan fingerprint density at radius 2 is 2.55 bits per heavy atom. The predicted molar refractivity (Wildman–Crippen MR) is 45.8 cm³/mol. The van der Waals surface area contributed by atoms with Crippen molar-refractivity contribution >= 4 is 23.1 Å². The number of aliphatic imine (C=N–C) groups is 1. The zero-order valence-electron chi connectivity index (χ0n) is 5.96. The third-order valence-electron chi connectivity index (χ3n) is 1.34. The first kappa shape index (κ1) is 8.21. The summed E-state index contributed by atoms with van der Waals surface area (Å²) in [6.07, 6.45) is 5.88. The molecular weight excluding hydrogens is 162 g/mol. The van der Waals surface area contributed by atoms with Gasteiger partial charge < -0.3 is 0 Å². The van der Waals surface area contributed by atoms with Crippen LogP contribution in [0.4, 0.5) is 0 Å². The molecule has 3 heteroatoms. The van der Waals surface area contributed by atoms with Crippen molar-refractivity contribution in [1.82, 2.24) is 0 Å². The Hall–Kier alpha value is -0.890. The first-order chi connectivity index (χ1) is 5.33. The van der Waals surface area contributed by atoms with Crippen LogP contribution in [0, 0.1) is 0 Å². The molecule has 0 amide bonds. The van der Waals surface area contributed by atoms with Crippen molar-refractivity contribution in [2.24, 2.45) is 4.99 Å². The van der Waals surface area contributed by atoms with Gasteiger partial charge in [-0.1, -0.05) is 17.7 Å². The van der Waals surface area contributed by atoms with E-state index in [1.54, 1.807) is 6.08 Å². The fourth-order valence-electron chi connectivity index (χ4n) is 0.837. The molecule has 0 N–H and O–H groups in total. The van der Waals surface area contributed by atoms with Crippen molar-refractivity contribution in [3.8, 4) is 0 Å². The van der Waals surface area contributed by atoms with Crippen LogP contribution in [0.2, 0.25) is 0 Å². The molecule has 0 fully saturated rings. The fraction of sp³-hybridized carbons (Fsp3) is 0.250. The minimum atomic E-state index is 0.109. The second-order valence-corrected chi connectivity index (χ2v) is 2.47. The van der Waals surface area contributed by atoms with Crippen molar-refractivity contribution in [2.45, 2.75) is 12.8 Å². The normalized spacial score (nSPS) is 17.5. The molecule has 0 atom stereocenters. The van der Waals surface area contributed by atoms with E-state index in [2.05, 4.69) is 4.99 Å². The molecule has 1 heterocycles. The first-order valence-corrected chi connectivity index (χ1v) is 3.76. The Labute approximate surface area is 70.3 Å². The SMILES string of the molecule is O=C1C=CN=C(CC=CCl)C1. The molecule has 0 aromatic rings. The summed E-state index contributed by atoms with van der Waals surface area (Å²) in [5, 5.41) is 0. The van der Waals surface area contributed by atoms with Crippen molar-refractivity contribution < 1.29 is 4.79 Å². The molecule has 0 aromatic heterocycles. The quantitative estimate of drug-likeness (QED) is 0.622.